The molecule has 0 atom stereocenters. The number of halogens is 3. The van der Waals surface area contributed by atoms with Gasteiger partial charge in [0.1, 0.15) is 0 Å². The lowest BCUT2D eigenvalue weighted by Crippen LogP contribution is -2.25. The Bertz CT molecular complexity index is 396. The van der Waals surface area contributed by atoms with E-state index in [2.05, 4.69) is 15.9 Å². The maximum absolute atomic E-state index is 13.3. The normalized spacial score (nSPS) is 11.6. The zero-order valence-electron chi connectivity index (χ0n) is 9.90. The van der Waals surface area contributed by atoms with Crippen molar-refractivity contribution >= 4 is 15.9 Å². The van der Waals surface area contributed by atoms with Crippen LogP contribution in [-0.2, 0) is 0 Å². The van der Waals surface area contributed by atoms with E-state index in [1.807, 2.05) is 13.8 Å². The molecule has 2 nitrogen and oxygen atoms in total. The van der Waals surface area contributed by atoms with E-state index in [9.17, 15) is 8.78 Å². The van der Waals surface area contributed by atoms with Crippen molar-refractivity contribution in [1.82, 2.24) is 0 Å². The lowest BCUT2D eigenvalue weighted by Gasteiger charge is -2.22. The number of ether oxygens (including phenoxy) is 1. The molecule has 17 heavy (non-hydrogen) atoms. The van der Waals surface area contributed by atoms with Crippen LogP contribution in [0.1, 0.15) is 20.3 Å². The molecule has 0 aromatic heterocycles. The Labute approximate surface area is 108 Å². The fraction of sp³-hybridized carbons (Fsp3) is 0.500. The van der Waals surface area contributed by atoms with Crippen LogP contribution in [0.15, 0.2) is 16.6 Å². The van der Waals surface area contributed by atoms with E-state index in [4.69, 9.17) is 10.5 Å². The Morgan fingerprint density at radius 2 is 2.00 bits per heavy atom. The van der Waals surface area contributed by atoms with Crippen LogP contribution in [0.3, 0.4) is 0 Å². The predicted octanol–water partition coefficient (Wildman–Crippen LogP) is 3.48. The van der Waals surface area contributed by atoms with Gasteiger partial charge in [-0.15, -0.1) is 0 Å². The summed E-state index contributed by atoms with van der Waals surface area (Å²) in [7, 11) is 0. The lowest BCUT2D eigenvalue weighted by molar-refractivity contribution is 0.224. The van der Waals surface area contributed by atoms with E-state index in [0.717, 1.165) is 6.07 Å². The molecule has 0 bridgehead atoms. The molecule has 0 radical (unpaired) electrons. The Balaban J connectivity index is 2.64. The summed E-state index contributed by atoms with van der Waals surface area (Å²) in [6.07, 6.45) is 0.678. The van der Waals surface area contributed by atoms with Crippen LogP contribution in [0.25, 0.3) is 0 Å². The number of nitrogens with two attached hydrogens (primary N) is 1. The highest BCUT2D eigenvalue weighted by molar-refractivity contribution is 9.10. The molecule has 2 N–H and O–H groups in total. The molecular weight excluding hydrogens is 292 g/mol. The first-order valence-electron chi connectivity index (χ1n) is 5.33. The van der Waals surface area contributed by atoms with Crippen molar-refractivity contribution in [3.05, 3.63) is 28.2 Å². The summed E-state index contributed by atoms with van der Waals surface area (Å²) in [5, 5.41) is 0. The SMILES string of the molecule is CC(C)(CN)CCOc1cc(Br)cc(F)c1F. The van der Waals surface area contributed by atoms with Crippen LogP contribution in [0, 0.1) is 17.0 Å². The van der Waals surface area contributed by atoms with Crippen LogP contribution < -0.4 is 10.5 Å². The van der Waals surface area contributed by atoms with Gasteiger partial charge in [0.25, 0.3) is 0 Å². The number of rotatable bonds is 5. The molecule has 0 unspecified atom stereocenters. The summed E-state index contributed by atoms with van der Waals surface area (Å²) in [4.78, 5) is 0. The minimum atomic E-state index is -0.959. The van der Waals surface area contributed by atoms with Crippen molar-refractivity contribution in [2.75, 3.05) is 13.2 Å². The number of hydrogen-bond donors (Lipinski definition) is 1. The summed E-state index contributed by atoms with van der Waals surface area (Å²) in [5.74, 6) is -1.96. The molecular formula is C12H16BrF2NO. The van der Waals surface area contributed by atoms with Gasteiger partial charge in [0, 0.05) is 4.47 Å². The summed E-state index contributed by atoms with van der Waals surface area (Å²) >= 11 is 3.09. The highest BCUT2D eigenvalue weighted by Crippen LogP contribution is 2.26. The summed E-state index contributed by atoms with van der Waals surface area (Å²) in [6, 6.07) is 2.47. The Hall–Kier alpha value is -0.680. The molecule has 1 aromatic carbocycles. The quantitative estimate of drug-likeness (QED) is 0.845. The molecule has 0 fully saturated rings. The van der Waals surface area contributed by atoms with Gasteiger partial charge in [-0.25, -0.2) is 4.39 Å². The van der Waals surface area contributed by atoms with Gasteiger partial charge in [0.05, 0.1) is 6.61 Å². The smallest absolute Gasteiger partial charge is 0.200 e. The average molecular weight is 308 g/mol. The third-order valence-electron chi connectivity index (χ3n) is 2.55. The molecule has 0 aliphatic carbocycles. The van der Waals surface area contributed by atoms with Crippen molar-refractivity contribution < 1.29 is 13.5 Å². The maximum Gasteiger partial charge on any atom is 0.200 e. The first-order valence-corrected chi connectivity index (χ1v) is 6.12. The fourth-order valence-electron chi connectivity index (χ4n) is 1.18. The third-order valence-corrected chi connectivity index (χ3v) is 3.01. The largest absolute Gasteiger partial charge is 0.490 e. The second-order valence-electron chi connectivity index (χ2n) is 4.67. The lowest BCUT2D eigenvalue weighted by atomic mass is 9.90. The molecule has 96 valence electrons. The molecule has 1 aromatic rings. The predicted molar refractivity (Wildman–Crippen MR) is 67.0 cm³/mol. The Morgan fingerprint density at radius 1 is 1.35 bits per heavy atom. The molecule has 0 aliphatic rings. The molecule has 0 spiro atoms. The van der Waals surface area contributed by atoms with Crippen molar-refractivity contribution in [3.8, 4) is 5.75 Å². The monoisotopic (exact) mass is 307 g/mol. The van der Waals surface area contributed by atoms with Crippen LogP contribution in [0.2, 0.25) is 0 Å². The van der Waals surface area contributed by atoms with Crippen LogP contribution in [-0.4, -0.2) is 13.2 Å². The van der Waals surface area contributed by atoms with Crippen LogP contribution in [0.5, 0.6) is 5.75 Å². The average Bonchev–Trinajstić information content (AvgIpc) is 2.24. The van der Waals surface area contributed by atoms with Gasteiger partial charge in [0.2, 0.25) is 5.82 Å². The first-order chi connectivity index (χ1) is 7.85. The van der Waals surface area contributed by atoms with Gasteiger partial charge >= 0.3 is 0 Å². The van der Waals surface area contributed by atoms with Crippen molar-refractivity contribution in [3.63, 3.8) is 0 Å². The maximum atomic E-state index is 13.3. The molecule has 0 saturated heterocycles. The Kier molecular flexibility index (Phi) is 4.89. The Morgan fingerprint density at radius 3 is 2.59 bits per heavy atom. The molecule has 0 amide bonds. The van der Waals surface area contributed by atoms with Crippen LogP contribution in [0.4, 0.5) is 8.78 Å². The van der Waals surface area contributed by atoms with Crippen molar-refractivity contribution in [2.45, 2.75) is 20.3 Å². The van der Waals surface area contributed by atoms with E-state index in [0.29, 0.717) is 24.0 Å². The second-order valence-corrected chi connectivity index (χ2v) is 5.58. The number of hydrogen-bond acceptors (Lipinski definition) is 2. The van der Waals surface area contributed by atoms with Crippen molar-refractivity contribution in [2.24, 2.45) is 11.1 Å². The number of benzene rings is 1. The van der Waals surface area contributed by atoms with Gasteiger partial charge in [-0.05, 0) is 30.5 Å². The summed E-state index contributed by atoms with van der Waals surface area (Å²) in [5.41, 5.74) is 5.50. The fourth-order valence-corrected chi connectivity index (χ4v) is 1.59. The van der Waals surface area contributed by atoms with Gasteiger partial charge in [0.15, 0.2) is 11.6 Å². The highest BCUT2D eigenvalue weighted by Gasteiger charge is 2.17. The topological polar surface area (TPSA) is 35.2 Å². The van der Waals surface area contributed by atoms with E-state index in [1.165, 1.54) is 6.07 Å². The zero-order chi connectivity index (χ0) is 13.1. The molecule has 0 heterocycles. The third kappa shape index (κ3) is 4.24. The first kappa shape index (κ1) is 14.4. The highest BCUT2D eigenvalue weighted by atomic mass is 79.9. The van der Waals surface area contributed by atoms with Gasteiger partial charge < -0.3 is 10.5 Å². The van der Waals surface area contributed by atoms with E-state index >= 15 is 0 Å². The van der Waals surface area contributed by atoms with E-state index in [1.54, 1.807) is 0 Å². The van der Waals surface area contributed by atoms with Gasteiger partial charge in [-0.3, -0.25) is 0 Å². The van der Waals surface area contributed by atoms with Gasteiger partial charge in [-0.2, -0.15) is 4.39 Å². The minimum absolute atomic E-state index is 0.0684. The molecule has 0 aliphatic heterocycles. The summed E-state index contributed by atoms with van der Waals surface area (Å²) in [6.45, 7) is 4.81. The summed E-state index contributed by atoms with van der Waals surface area (Å²) < 4.78 is 32.1. The molecule has 0 saturated carbocycles. The van der Waals surface area contributed by atoms with Gasteiger partial charge in [-0.1, -0.05) is 29.8 Å². The van der Waals surface area contributed by atoms with Crippen molar-refractivity contribution in [1.29, 1.82) is 0 Å². The standard InChI is InChI=1S/C12H16BrF2NO/c1-12(2,7-16)3-4-17-10-6-8(13)5-9(14)11(10)15/h5-6H,3-4,7,16H2,1-2H3. The molecule has 1 rings (SSSR count). The minimum Gasteiger partial charge on any atom is -0.490 e. The molecule has 5 heteroatoms. The zero-order valence-corrected chi connectivity index (χ0v) is 11.5. The van der Waals surface area contributed by atoms with E-state index < -0.39 is 11.6 Å². The second kappa shape index (κ2) is 5.78. The van der Waals surface area contributed by atoms with E-state index in [-0.39, 0.29) is 11.2 Å². The van der Waals surface area contributed by atoms with Crippen LogP contribution >= 0.6 is 15.9 Å².